The van der Waals surface area contributed by atoms with E-state index in [-0.39, 0.29) is 5.75 Å². The Morgan fingerprint density at radius 3 is 2.90 bits per heavy atom. The van der Waals surface area contributed by atoms with Crippen molar-refractivity contribution < 1.29 is 9.84 Å². The maximum absolute atomic E-state index is 9.82. The summed E-state index contributed by atoms with van der Waals surface area (Å²) in [5.41, 5.74) is 3.83. The lowest BCUT2D eigenvalue weighted by Crippen LogP contribution is -2.25. The van der Waals surface area contributed by atoms with Crippen LogP contribution >= 0.6 is 0 Å². The number of anilines is 1. The molecule has 0 saturated carbocycles. The zero-order valence-corrected chi connectivity index (χ0v) is 12.3. The van der Waals surface area contributed by atoms with Crippen LogP contribution in [0, 0.1) is 0 Å². The highest BCUT2D eigenvalue weighted by Crippen LogP contribution is 2.29. The van der Waals surface area contributed by atoms with E-state index in [1.165, 1.54) is 17.7 Å². The van der Waals surface area contributed by atoms with Crippen LogP contribution in [0.15, 0.2) is 42.5 Å². The summed E-state index contributed by atoms with van der Waals surface area (Å²) in [4.78, 5) is 0. The standard InChI is InChI=1S/C18H21NO2/c1-21-18-11-7-13(12-17(18)20)6-9-15-10-8-14-4-2-3-5-16(14)19-15/h2-5,7,11-12,15,19-20H,6,8-10H2,1H3. The molecule has 1 atom stereocenters. The average molecular weight is 283 g/mol. The lowest BCUT2D eigenvalue weighted by Gasteiger charge is -2.27. The van der Waals surface area contributed by atoms with Crippen molar-refractivity contribution in [2.75, 3.05) is 12.4 Å². The van der Waals surface area contributed by atoms with Crippen LogP contribution in [0.3, 0.4) is 0 Å². The third-order valence-electron chi connectivity index (χ3n) is 4.16. The number of nitrogens with one attached hydrogen (secondary N) is 1. The minimum atomic E-state index is 0.219. The van der Waals surface area contributed by atoms with Gasteiger partial charge in [0.15, 0.2) is 11.5 Å². The number of aryl methyl sites for hydroxylation is 2. The monoisotopic (exact) mass is 283 g/mol. The predicted molar refractivity (Wildman–Crippen MR) is 85.2 cm³/mol. The Labute approximate surface area is 125 Å². The molecule has 0 amide bonds. The second kappa shape index (κ2) is 6.08. The number of hydrogen-bond donors (Lipinski definition) is 2. The molecule has 0 aliphatic carbocycles. The van der Waals surface area contributed by atoms with E-state index in [0.717, 1.165) is 24.8 Å². The molecule has 1 aliphatic rings. The molecule has 21 heavy (non-hydrogen) atoms. The molecule has 0 saturated heterocycles. The van der Waals surface area contributed by atoms with Gasteiger partial charge in [0.25, 0.3) is 0 Å². The first kappa shape index (κ1) is 13.8. The molecule has 0 radical (unpaired) electrons. The Kier molecular flexibility index (Phi) is 4.00. The number of hydrogen-bond acceptors (Lipinski definition) is 3. The van der Waals surface area contributed by atoms with E-state index in [4.69, 9.17) is 4.74 Å². The summed E-state index contributed by atoms with van der Waals surface area (Å²) in [6.45, 7) is 0. The minimum absolute atomic E-state index is 0.219. The molecule has 110 valence electrons. The highest BCUT2D eigenvalue weighted by atomic mass is 16.5. The first-order chi connectivity index (χ1) is 10.3. The Bertz CT molecular complexity index is 624. The lowest BCUT2D eigenvalue weighted by atomic mass is 9.94. The van der Waals surface area contributed by atoms with E-state index in [0.29, 0.717) is 11.8 Å². The molecular formula is C18H21NO2. The fraction of sp³-hybridized carbons (Fsp3) is 0.333. The molecule has 0 aromatic heterocycles. The molecule has 2 aromatic rings. The number of phenolic OH excluding ortho intramolecular Hbond substituents is 1. The van der Waals surface area contributed by atoms with Crippen LogP contribution in [0.2, 0.25) is 0 Å². The lowest BCUT2D eigenvalue weighted by molar-refractivity contribution is 0.373. The Morgan fingerprint density at radius 1 is 1.24 bits per heavy atom. The van der Waals surface area contributed by atoms with Gasteiger partial charge in [0.05, 0.1) is 7.11 Å². The van der Waals surface area contributed by atoms with Crippen molar-refractivity contribution in [1.29, 1.82) is 0 Å². The summed E-state index contributed by atoms with van der Waals surface area (Å²) in [5, 5.41) is 13.4. The predicted octanol–water partition coefficient (Wildman–Crippen LogP) is 3.76. The minimum Gasteiger partial charge on any atom is -0.504 e. The van der Waals surface area contributed by atoms with Gasteiger partial charge in [-0.15, -0.1) is 0 Å². The maximum Gasteiger partial charge on any atom is 0.160 e. The van der Waals surface area contributed by atoms with Crippen LogP contribution in [0.4, 0.5) is 5.69 Å². The van der Waals surface area contributed by atoms with Crippen LogP contribution in [0.25, 0.3) is 0 Å². The molecule has 3 heteroatoms. The number of para-hydroxylation sites is 1. The molecule has 2 aromatic carbocycles. The van der Waals surface area contributed by atoms with Crippen molar-refractivity contribution in [3.05, 3.63) is 53.6 Å². The van der Waals surface area contributed by atoms with Crippen molar-refractivity contribution in [2.24, 2.45) is 0 Å². The number of phenols is 1. The normalized spacial score (nSPS) is 16.9. The highest BCUT2D eigenvalue weighted by Gasteiger charge is 2.17. The molecule has 2 N–H and O–H groups in total. The van der Waals surface area contributed by atoms with Gasteiger partial charge >= 0.3 is 0 Å². The van der Waals surface area contributed by atoms with Gasteiger partial charge in [-0.1, -0.05) is 24.3 Å². The summed E-state index contributed by atoms with van der Waals surface area (Å²) in [7, 11) is 1.57. The number of rotatable bonds is 4. The topological polar surface area (TPSA) is 41.5 Å². The number of benzene rings is 2. The summed E-state index contributed by atoms with van der Waals surface area (Å²) < 4.78 is 5.07. The van der Waals surface area contributed by atoms with Crippen LogP contribution in [0.1, 0.15) is 24.0 Å². The van der Waals surface area contributed by atoms with Gasteiger partial charge < -0.3 is 15.2 Å². The smallest absolute Gasteiger partial charge is 0.160 e. The first-order valence-electron chi connectivity index (χ1n) is 7.46. The zero-order chi connectivity index (χ0) is 14.7. The third kappa shape index (κ3) is 3.13. The van der Waals surface area contributed by atoms with Crippen molar-refractivity contribution >= 4 is 5.69 Å². The van der Waals surface area contributed by atoms with Gasteiger partial charge in [-0.2, -0.15) is 0 Å². The number of ether oxygens (including phenoxy) is 1. The second-order valence-electron chi connectivity index (χ2n) is 5.58. The first-order valence-corrected chi connectivity index (χ1v) is 7.46. The summed E-state index contributed by atoms with van der Waals surface area (Å²) in [6.07, 6.45) is 4.33. The number of methoxy groups -OCH3 is 1. The fourth-order valence-corrected chi connectivity index (χ4v) is 2.95. The van der Waals surface area contributed by atoms with Crippen molar-refractivity contribution in [2.45, 2.75) is 31.7 Å². The molecule has 0 fully saturated rings. The molecule has 0 bridgehead atoms. The molecular weight excluding hydrogens is 262 g/mol. The van der Waals surface area contributed by atoms with Crippen molar-refractivity contribution in [3.8, 4) is 11.5 Å². The van der Waals surface area contributed by atoms with E-state index in [2.05, 4.69) is 29.6 Å². The van der Waals surface area contributed by atoms with Gasteiger partial charge in [-0.3, -0.25) is 0 Å². The summed E-state index contributed by atoms with van der Waals surface area (Å²) in [6, 6.07) is 14.7. The average Bonchev–Trinajstić information content (AvgIpc) is 2.53. The van der Waals surface area contributed by atoms with Crippen LogP contribution in [-0.2, 0) is 12.8 Å². The third-order valence-corrected chi connectivity index (χ3v) is 4.16. The Hall–Kier alpha value is -2.16. The largest absolute Gasteiger partial charge is 0.504 e. The molecule has 0 spiro atoms. The van der Waals surface area contributed by atoms with Crippen LogP contribution < -0.4 is 10.1 Å². The zero-order valence-electron chi connectivity index (χ0n) is 12.3. The van der Waals surface area contributed by atoms with Crippen LogP contribution in [0.5, 0.6) is 11.5 Å². The number of aromatic hydroxyl groups is 1. The maximum atomic E-state index is 9.82. The summed E-state index contributed by atoms with van der Waals surface area (Å²) in [5.74, 6) is 0.750. The molecule has 1 heterocycles. The van der Waals surface area contributed by atoms with E-state index < -0.39 is 0 Å². The van der Waals surface area contributed by atoms with Gasteiger partial charge in [-0.05, 0) is 55.0 Å². The molecule has 3 nitrogen and oxygen atoms in total. The Morgan fingerprint density at radius 2 is 2.10 bits per heavy atom. The second-order valence-corrected chi connectivity index (χ2v) is 5.58. The van der Waals surface area contributed by atoms with E-state index in [1.54, 1.807) is 13.2 Å². The van der Waals surface area contributed by atoms with E-state index in [1.807, 2.05) is 12.1 Å². The van der Waals surface area contributed by atoms with Gasteiger partial charge in [0, 0.05) is 11.7 Å². The van der Waals surface area contributed by atoms with Gasteiger partial charge in [0.2, 0.25) is 0 Å². The Balaban J connectivity index is 1.60. The van der Waals surface area contributed by atoms with Crippen LogP contribution in [-0.4, -0.2) is 18.3 Å². The summed E-state index contributed by atoms with van der Waals surface area (Å²) >= 11 is 0. The van der Waals surface area contributed by atoms with Gasteiger partial charge in [0.1, 0.15) is 0 Å². The van der Waals surface area contributed by atoms with Gasteiger partial charge in [-0.25, -0.2) is 0 Å². The highest BCUT2D eigenvalue weighted by molar-refractivity contribution is 5.53. The SMILES string of the molecule is COc1ccc(CCC2CCc3ccccc3N2)cc1O. The molecule has 3 rings (SSSR count). The molecule has 1 aliphatic heterocycles. The van der Waals surface area contributed by atoms with Crippen molar-refractivity contribution in [3.63, 3.8) is 0 Å². The van der Waals surface area contributed by atoms with E-state index in [9.17, 15) is 5.11 Å². The number of fused-ring (bicyclic) bond motifs is 1. The van der Waals surface area contributed by atoms with Crippen molar-refractivity contribution in [1.82, 2.24) is 0 Å². The fourth-order valence-electron chi connectivity index (χ4n) is 2.95. The van der Waals surface area contributed by atoms with E-state index >= 15 is 0 Å². The molecule has 1 unspecified atom stereocenters. The quantitative estimate of drug-likeness (QED) is 0.897.